The van der Waals surface area contributed by atoms with Gasteiger partial charge in [0.2, 0.25) is 10.0 Å². The average Bonchev–Trinajstić information content (AvgIpc) is 3.23. The standard InChI is InChI=1S/C20H20F4N2O4S/c1-12-9-13(3-6-18(12)21)25-19(27)16-10-15(4-5-17(16)20(22,23)24)31(28,29)26(2)14-7-8-30-11-14/h3-6,9-10,14H,7-8,11H2,1-2H3,(H,25,27)/t14-/m0/s1. The van der Waals surface area contributed by atoms with E-state index in [9.17, 15) is 30.8 Å². The fourth-order valence-corrected chi connectivity index (χ4v) is 4.61. The molecular weight excluding hydrogens is 440 g/mol. The van der Waals surface area contributed by atoms with Crippen molar-refractivity contribution in [3.63, 3.8) is 0 Å². The number of aryl methyl sites for hydroxylation is 1. The monoisotopic (exact) mass is 460 g/mol. The Hall–Kier alpha value is -2.50. The van der Waals surface area contributed by atoms with Crippen LogP contribution in [-0.2, 0) is 20.9 Å². The van der Waals surface area contributed by atoms with Gasteiger partial charge in [-0.05, 0) is 55.3 Å². The Bertz CT molecular complexity index is 1100. The Morgan fingerprint density at radius 2 is 1.90 bits per heavy atom. The zero-order chi connectivity index (χ0) is 23.0. The van der Waals surface area contributed by atoms with Gasteiger partial charge in [0.05, 0.1) is 28.7 Å². The number of nitrogens with zero attached hydrogens (tertiary/aromatic N) is 1. The number of halogens is 4. The molecule has 3 rings (SSSR count). The second-order valence-electron chi connectivity index (χ2n) is 7.16. The maximum Gasteiger partial charge on any atom is 0.417 e. The highest BCUT2D eigenvalue weighted by atomic mass is 32.2. The topological polar surface area (TPSA) is 75.7 Å². The highest BCUT2D eigenvalue weighted by Crippen LogP contribution is 2.34. The predicted molar refractivity (Wildman–Crippen MR) is 105 cm³/mol. The summed E-state index contributed by atoms with van der Waals surface area (Å²) in [6.45, 7) is 1.98. The van der Waals surface area contributed by atoms with Gasteiger partial charge in [0.15, 0.2) is 0 Å². The lowest BCUT2D eigenvalue weighted by atomic mass is 10.1. The summed E-state index contributed by atoms with van der Waals surface area (Å²) in [5.41, 5.74) is -1.88. The van der Waals surface area contributed by atoms with E-state index < -0.39 is 50.0 Å². The Morgan fingerprint density at radius 1 is 1.19 bits per heavy atom. The summed E-state index contributed by atoms with van der Waals surface area (Å²) >= 11 is 0. The van der Waals surface area contributed by atoms with Crippen molar-refractivity contribution in [2.24, 2.45) is 0 Å². The predicted octanol–water partition coefficient (Wildman–Crippen LogP) is 3.81. The van der Waals surface area contributed by atoms with Crippen molar-refractivity contribution < 1.29 is 35.5 Å². The minimum absolute atomic E-state index is 0.0745. The van der Waals surface area contributed by atoms with Crippen molar-refractivity contribution in [1.29, 1.82) is 0 Å². The molecule has 0 saturated carbocycles. The first-order valence-electron chi connectivity index (χ1n) is 9.26. The number of carbonyl (C=O) groups excluding carboxylic acids is 1. The molecule has 0 unspecified atom stereocenters. The van der Waals surface area contributed by atoms with Gasteiger partial charge in [-0.15, -0.1) is 0 Å². The molecule has 0 spiro atoms. The van der Waals surface area contributed by atoms with Crippen molar-refractivity contribution in [3.8, 4) is 0 Å². The summed E-state index contributed by atoms with van der Waals surface area (Å²) in [6.07, 6.45) is -4.44. The van der Waals surface area contributed by atoms with E-state index in [1.165, 1.54) is 26.1 Å². The van der Waals surface area contributed by atoms with Crippen molar-refractivity contribution in [3.05, 3.63) is 58.9 Å². The van der Waals surface area contributed by atoms with Crippen molar-refractivity contribution in [2.75, 3.05) is 25.6 Å². The van der Waals surface area contributed by atoms with Crippen molar-refractivity contribution in [1.82, 2.24) is 4.31 Å². The van der Waals surface area contributed by atoms with Crippen LogP contribution in [0.15, 0.2) is 41.3 Å². The molecule has 6 nitrogen and oxygen atoms in total. The number of nitrogens with one attached hydrogen (secondary N) is 1. The molecule has 0 bridgehead atoms. The highest BCUT2D eigenvalue weighted by molar-refractivity contribution is 7.89. The van der Waals surface area contributed by atoms with Gasteiger partial charge in [-0.25, -0.2) is 12.8 Å². The fraction of sp³-hybridized carbons (Fsp3) is 0.350. The van der Waals surface area contributed by atoms with Gasteiger partial charge in [0, 0.05) is 19.3 Å². The van der Waals surface area contributed by atoms with Crippen LogP contribution >= 0.6 is 0 Å². The molecule has 2 aromatic rings. The third kappa shape index (κ3) is 4.89. The normalized spacial score (nSPS) is 17.2. The molecule has 1 heterocycles. The Kier molecular flexibility index (Phi) is 6.40. The second kappa shape index (κ2) is 8.56. The average molecular weight is 460 g/mol. The van der Waals surface area contributed by atoms with Crippen LogP contribution in [0.25, 0.3) is 0 Å². The van der Waals surface area contributed by atoms with Gasteiger partial charge in [-0.2, -0.15) is 17.5 Å². The van der Waals surface area contributed by atoms with Gasteiger partial charge >= 0.3 is 6.18 Å². The number of benzene rings is 2. The summed E-state index contributed by atoms with van der Waals surface area (Å²) in [7, 11) is -2.86. The number of hydrogen-bond donors (Lipinski definition) is 1. The summed E-state index contributed by atoms with van der Waals surface area (Å²) in [6, 6.07) is 5.16. The Labute approximate surface area is 176 Å². The van der Waals surface area contributed by atoms with Crippen LogP contribution in [-0.4, -0.2) is 44.9 Å². The third-order valence-electron chi connectivity index (χ3n) is 5.05. The van der Waals surface area contributed by atoms with Crippen LogP contribution < -0.4 is 5.32 Å². The molecule has 1 atom stereocenters. The van der Waals surface area contributed by atoms with Crippen LogP contribution in [0, 0.1) is 12.7 Å². The van der Waals surface area contributed by atoms with Crippen molar-refractivity contribution >= 4 is 21.6 Å². The van der Waals surface area contributed by atoms with Gasteiger partial charge < -0.3 is 10.1 Å². The van der Waals surface area contributed by atoms with E-state index in [0.29, 0.717) is 25.2 Å². The molecule has 168 valence electrons. The zero-order valence-corrected chi connectivity index (χ0v) is 17.5. The first-order chi connectivity index (χ1) is 14.4. The number of likely N-dealkylation sites (N-methyl/N-ethyl adjacent to an activating group) is 1. The number of rotatable bonds is 5. The number of ether oxygens (including phenoxy) is 1. The zero-order valence-electron chi connectivity index (χ0n) is 16.7. The highest BCUT2D eigenvalue weighted by Gasteiger charge is 2.37. The summed E-state index contributed by atoms with van der Waals surface area (Å²) in [4.78, 5) is 12.2. The molecule has 1 fully saturated rings. The molecule has 1 aliphatic rings. The Morgan fingerprint density at radius 3 is 2.48 bits per heavy atom. The lowest BCUT2D eigenvalue weighted by molar-refractivity contribution is -0.137. The molecule has 31 heavy (non-hydrogen) atoms. The smallest absolute Gasteiger partial charge is 0.380 e. The molecular formula is C20H20F4N2O4S. The molecule has 1 N–H and O–H groups in total. The lowest BCUT2D eigenvalue weighted by Gasteiger charge is -2.23. The lowest BCUT2D eigenvalue weighted by Crippen LogP contribution is -2.37. The molecule has 11 heteroatoms. The van der Waals surface area contributed by atoms with E-state index in [-0.39, 0.29) is 17.9 Å². The summed E-state index contributed by atoms with van der Waals surface area (Å²) < 4.78 is 85.9. The molecule has 2 aromatic carbocycles. The van der Waals surface area contributed by atoms with E-state index in [0.717, 1.165) is 16.4 Å². The molecule has 1 amide bonds. The fourth-order valence-electron chi connectivity index (χ4n) is 3.21. The van der Waals surface area contributed by atoms with Crippen molar-refractivity contribution in [2.45, 2.75) is 30.5 Å². The minimum Gasteiger partial charge on any atom is -0.380 e. The Balaban J connectivity index is 2.00. The van der Waals surface area contributed by atoms with Crippen LogP contribution in [0.5, 0.6) is 0 Å². The van der Waals surface area contributed by atoms with Crippen LogP contribution in [0.2, 0.25) is 0 Å². The van der Waals surface area contributed by atoms with Gasteiger partial charge in [0.1, 0.15) is 5.82 Å². The maximum atomic E-state index is 13.5. The van der Waals surface area contributed by atoms with Gasteiger partial charge in [-0.1, -0.05) is 0 Å². The molecule has 1 saturated heterocycles. The number of carbonyl (C=O) groups is 1. The van der Waals surface area contributed by atoms with E-state index in [1.807, 2.05) is 0 Å². The van der Waals surface area contributed by atoms with Crippen LogP contribution in [0.3, 0.4) is 0 Å². The molecule has 0 radical (unpaired) electrons. The largest absolute Gasteiger partial charge is 0.417 e. The van der Waals surface area contributed by atoms with E-state index >= 15 is 0 Å². The number of alkyl halides is 3. The third-order valence-corrected chi connectivity index (χ3v) is 6.96. The van der Waals surface area contributed by atoms with E-state index in [2.05, 4.69) is 5.32 Å². The van der Waals surface area contributed by atoms with Gasteiger partial charge in [0.25, 0.3) is 5.91 Å². The number of anilines is 1. The summed E-state index contributed by atoms with van der Waals surface area (Å²) in [5.74, 6) is -1.71. The van der Waals surface area contributed by atoms with Crippen LogP contribution in [0.1, 0.15) is 27.9 Å². The number of amides is 1. The molecule has 0 aliphatic carbocycles. The van der Waals surface area contributed by atoms with E-state index in [4.69, 9.17) is 4.74 Å². The van der Waals surface area contributed by atoms with Crippen LogP contribution in [0.4, 0.5) is 23.2 Å². The quantitative estimate of drug-likeness (QED) is 0.689. The second-order valence-corrected chi connectivity index (χ2v) is 9.16. The SMILES string of the molecule is Cc1cc(NC(=O)c2cc(S(=O)(=O)N(C)[C@H]3CCOC3)ccc2C(F)(F)F)ccc1F. The first kappa shape index (κ1) is 23.2. The first-order valence-corrected chi connectivity index (χ1v) is 10.7. The minimum atomic E-state index is -4.89. The number of hydrogen-bond acceptors (Lipinski definition) is 4. The molecule has 0 aromatic heterocycles. The van der Waals surface area contributed by atoms with E-state index in [1.54, 1.807) is 0 Å². The molecule has 1 aliphatic heterocycles. The maximum absolute atomic E-state index is 13.5. The number of sulfonamides is 1. The summed E-state index contributed by atoms with van der Waals surface area (Å²) in [5, 5.41) is 2.27. The van der Waals surface area contributed by atoms with Gasteiger partial charge in [-0.3, -0.25) is 4.79 Å².